The van der Waals surface area contributed by atoms with Gasteiger partial charge in [0.25, 0.3) is 11.8 Å². The molecule has 0 fully saturated rings. The molecule has 3 N–H and O–H groups in total. The summed E-state index contributed by atoms with van der Waals surface area (Å²) in [7, 11) is 3.01. The normalized spacial score (nSPS) is 10.7. The Kier molecular flexibility index (Phi) is 7.82. The number of rotatable bonds is 5. The first-order valence-corrected chi connectivity index (χ1v) is 10.6. The molecule has 0 bridgehead atoms. The first kappa shape index (κ1) is 26.7. The quantitative estimate of drug-likeness (QED) is 0.401. The molecular formula is C26H20F3N3O5. The molecule has 0 aliphatic carbocycles. The number of alkyl halides is 3. The fourth-order valence-electron chi connectivity index (χ4n) is 3.07. The second-order valence-electron chi connectivity index (χ2n) is 7.90. The number of esters is 1. The lowest BCUT2D eigenvalue weighted by Gasteiger charge is -2.12. The van der Waals surface area contributed by atoms with Crippen molar-refractivity contribution in [3.8, 4) is 28.7 Å². The number of phenols is 1. The van der Waals surface area contributed by atoms with Crippen LogP contribution in [0.2, 0.25) is 0 Å². The minimum Gasteiger partial charge on any atom is -0.508 e. The fourth-order valence-corrected chi connectivity index (χ4v) is 3.07. The third kappa shape index (κ3) is 6.64. The average molecular weight is 511 g/mol. The van der Waals surface area contributed by atoms with Gasteiger partial charge in [0, 0.05) is 37.0 Å². The van der Waals surface area contributed by atoms with Gasteiger partial charge in [0.15, 0.2) is 6.61 Å². The van der Waals surface area contributed by atoms with Gasteiger partial charge in [-0.1, -0.05) is 17.9 Å². The van der Waals surface area contributed by atoms with Crippen LogP contribution in [0.25, 0.3) is 11.1 Å². The molecule has 0 saturated carbocycles. The lowest BCUT2D eigenvalue weighted by molar-refractivity contribution is -0.138. The zero-order valence-corrected chi connectivity index (χ0v) is 19.6. The Morgan fingerprint density at radius 2 is 1.70 bits per heavy atom. The second-order valence-corrected chi connectivity index (χ2v) is 7.90. The summed E-state index contributed by atoms with van der Waals surface area (Å²) < 4.78 is 45.3. The number of ether oxygens (including phenoxy) is 1. The van der Waals surface area contributed by atoms with Crippen LogP contribution >= 0.6 is 0 Å². The topological polar surface area (TPSA) is 123 Å². The Bertz CT molecular complexity index is 1420. The smallest absolute Gasteiger partial charge is 0.417 e. The van der Waals surface area contributed by atoms with Crippen molar-refractivity contribution in [3.63, 3.8) is 0 Å². The van der Waals surface area contributed by atoms with E-state index in [0.29, 0.717) is 17.2 Å². The van der Waals surface area contributed by atoms with Crippen LogP contribution in [0.15, 0.2) is 54.7 Å². The van der Waals surface area contributed by atoms with E-state index in [0.717, 1.165) is 12.1 Å². The Morgan fingerprint density at radius 3 is 2.30 bits per heavy atom. The van der Waals surface area contributed by atoms with E-state index in [1.54, 1.807) is 0 Å². The van der Waals surface area contributed by atoms with Gasteiger partial charge in [0.2, 0.25) is 0 Å². The lowest BCUT2D eigenvalue weighted by Crippen LogP contribution is -2.27. The van der Waals surface area contributed by atoms with Crippen LogP contribution in [0.4, 0.5) is 13.2 Å². The van der Waals surface area contributed by atoms with Crippen LogP contribution in [-0.2, 0) is 15.7 Å². The number of likely N-dealkylation sites (N-methyl/N-ethyl adjacent to an activating group) is 1. The Morgan fingerprint density at radius 1 is 1.03 bits per heavy atom. The van der Waals surface area contributed by atoms with Gasteiger partial charge in [-0.2, -0.15) is 13.2 Å². The van der Waals surface area contributed by atoms with Crippen molar-refractivity contribution in [1.82, 2.24) is 9.88 Å². The summed E-state index contributed by atoms with van der Waals surface area (Å²) >= 11 is 0. The van der Waals surface area contributed by atoms with Crippen molar-refractivity contribution in [3.05, 3.63) is 82.7 Å². The fraction of sp³-hybridized carbons (Fsp3) is 0.154. The Hall–Kier alpha value is -4.85. The summed E-state index contributed by atoms with van der Waals surface area (Å²) in [6, 6.07) is 9.67. The number of aromatic nitrogens is 1. The molecule has 0 atom stereocenters. The average Bonchev–Trinajstić information content (AvgIpc) is 2.85. The van der Waals surface area contributed by atoms with Crippen molar-refractivity contribution >= 4 is 17.8 Å². The summed E-state index contributed by atoms with van der Waals surface area (Å²) in [5.41, 5.74) is 4.69. The van der Waals surface area contributed by atoms with Gasteiger partial charge in [-0.3, -0.25) is 14.6 Å². The molecule has 0 aliphatic rings. The number of pyridine rings is 1. The predicted octanol–water partition coefficient (Wildman–Crippen LogP) is 3.22. The van der Waals surface area contributed by atoms with Gasteiger partial charge in [-0.15, -0.1) is 0 Å². The standard InChI is InChI=1S/C26H20F3N3O5/c1-32(2)23(34)14-37-25(36)17-6-4-15(20(11-17)18-8-10-22(24(30)35)31-13-18)3-5-16-7-9-19(33)12-21(16)26(27,28)29/h4,6-13,33H,14H2,1-2H3,(H2,30,35). The zero-order chi connectivity index (χ0) is 27.3. The Balaban J connectivity index is 2.07. The maximum Gasteiger partial charge on any atom is 0.417 e. The predicted molar refractivity (Wildman–Crippen MR) is 126 cm³/mol. The third-order valence-corrected chi connectivity index (χ3v) is 5.05. The minimum absolute atomic E-state index is 0.0203. The summed E-state index contributed by atoms with van der Waals surface area (Å²) in [5.74, 6) is 2.56. The Labute approximate surface area is 209 Å². The van der Waals surface area contributed by atoms with Crippen molar-refractivity contribution < 1.29 is 37.4 Å². The summed E-state index contributed by atoms with van der Waals surface area (Å²) in [5, 5.41) is 9.48. The molecular weight excluding hydrogens is 491 g/mol. The van der Waals surface area contributed by atoms with Gasteiger partial charge in [-0.25, -0.2) is 4.79 Å². The number of phenolic OH excluding ortho intramolecular Hbond substituents is 1. The van der Waals surface area contributed by atoms with E-state index in [9.17, 15) is 32.7 Å². The van der Waals surface area contributed by atoms with Gasteiger partial charge < -0.3 is 20.5 Å². The number of hydrogen-bond donors (Lipinski definition) is 2. The molecule has 8 nitrogen and oxygen atoms in total. The number of nitrogens with zero attached hydrogens (tertiary/aromatic N) is 2. The monoisotopic (exact) mass is 511 g/mol. The van der Waals surface area contributed by atoms with Gasteiger partial charge in [0.1, 0.15) is 11.4 Å². The molecule has 1 aromatic heterocycles. The van der Waals surface area contributed by atoms with E-state index in [1.165, 1.54) is 55.5 Å². The number of hydrogen-bond acceptors (Lipinski definition) is 6. The number of benzene rings is 2. The number of amides is 2. The molecule has 3 rings (SSSR count). The molecule has 1 heterocycles. The van der Waals surface area contributed by atoms with Crippen LogP contribution in [0, 0.1) is 11.8 Å². The highest BCUT2D eigenvalue weighted by atomic mass is 19.4. The number of halogens is 3. The lowest BCUT2D eigenvalue weighted by atomic mass is 9.97. The highest BCUT2D eigenvalue weighted by Gasteiger charge is 2.33. The molecule has 0 spiro atoms. The van der Waals surface area contributed by atoms with E-state index in [1.807, 2.05) is 0 Å². The van der Waals surface area contributed by atoms with Crippen LogP contribution in [0.1, 0.15) is 37.5 Å². The molecule has 0 unspecified atom stereocenters. The summed E-state index contributed by atoms with van der Waals surface area (Å²) in [6.45, 7) is -0.487. The van der Waals surface area contributed by atoms with Crippen molar-refractivity contribution in [2.45, 2.75) is 6.18 Å². The van der Waals surface area contributed by atoms with Gasteiger partial charge in [-0.05, 0) is 48.0 Å². The largest absolute Gasteiger partial charge is 0.508 e. The van der Waals surface area contributed by atoms with Crippen molar-refractivity contribution in [1.29, 1.82) is 0 Å². The zero-order valence-electron chi connectivity index (χ0n) is 19.6. The maximum absolute atomic E-state index is 13.4. The van der Waals surface area contributed by atoms with Gasteiger partial charge in [0.05, 0.1) is 11.1 Å². The van der Waals surface area contributed by atoms with Crippen LogP contribution < -0.4 is 5.73 Å². The molecule has 0 radical (unpaired) electrons. The molecule has 37 heavy (non-hydrogen) atoms. The minimum atomic E-state index is -4.75. The number of carbonyl (C=O) groups excluding carboxylic acids is 3. The van der Waals surface area contributed by atoms with Crippen LogP contribution in [-0.4, -0.2) is 53.5 Å². The first-order valence-electron chi connectivity index (χ1n) is 10.6. The maximum atomic E-state index is 13.4. The van der Waals surface area contributed by atoms with E-state index >= 15 is 0 Å². The van der Waals surface area contributed by atoms with E-state index in [-0.39, 0.29) is 22.4 Å². The first-order chi connectivity index (χ1) is 17.4. The molecule has 11 heteroatoms. The van der Waals surface area contributed by atoms with Gasteiger partial charge >= 0.3 is 12.1 Å². The molecule has 2 aromatic carbocycles. The number of carbonyl (C=O) groups is 3. The second kappa shape index (κ2) is 10.8. The number of aromatic hydroxyl groups is 1. The molecule has 3 aromatic rings. The van der Waals surface area contributed by atoms with Crippen LogP contribution in [0.3, 0.4) is 0 Å². The molecule has 190 valence electrons. The van der Waals surface area contributed by atoms with Crippen LogP contribution in [0.5, 0.6) is 5.75 Å². The third-order valence-electron chi connectivity index (χ3n) is 5.05. The summed E-state index contributed by atoms with van der Waals surface area (Å²) in [6.07, 6.45) is -3.45. The number of primary amides is 1. The molecule has 0 saturated heterocycles. The highest BCUT2D eigenvalue weighted by molar-refractivity contribution is 5.94. The van der Waals surface area contributed by atoms with Crippen molar-refractivity contribution in [2.75, 3.05) is 20.7 Å². The molecule has 0 aliphatic heterocycles. The van der Waals surface area contributed by atoms with E-state index in [2.05, 4.69) is 16.8 Å². The van der Waals surface area contributed by atoms with E-state index < -0.39 is 41.9 Å². The molecule has 2 amide bonds. The number of nitrogens with two attached hydrogens (primary N) is 1. The van der Waals surface area contributed by atoms with Crippen molar-refractivity contribution in [2.24, 2.45) is 5.73 Å². The van der Waals surface area contributed by atoms with E-state index in [4.69, 9.17) is 10.5 Å². The highest BCUT2D eigenvalue weighted by Crippen LogP contribution is 2.34. The summed E-state index contributed by atoms with van der Waals surface area (Å²) in [4.78, 5) is 40.8. The SMILES string of the molecule is CN(C)C(=O)COC(=O)c1ccc(C#Cc2ccc(O)cc2C(F)(F)F)c(-c2ccc(C(N)=O)nc2)c1.